The van der Waals surface area contributed by atoms with Crippen molar-refractivity contribution in [3.63, 3.8) is 0 Å². The van der Waals surface area contributed by atoms with E-state index in [0.717, 1.165) is 19.3 Å². The van der Waals surface area contributed by atoms with Gasteiger partial charge in [0.1, 0.15) is 5.78 Å². The summed E-state index contributed by atoms with van der Waals surface area (Å²) in [5, 5.41) is 0. The van der Waals surface area contributed by atoms with E-state index < -0.39 is 0 Å². The van der Waals surface area contributed by atoms with Gasteiger partial charge in [0.15, 0.2) is 0 Å². The van der Waals surface area contributed by atoms with Gasteiger partial charge in [0.2, 0.25) is 0 Å². The SMILES string of the molecule is CC#CCCC1C(=O)CCC1CC(=O)OC(C)C. The Morgan fingerprint density at radius 3 is 2.83 bits per heavy atom. The van der Waals surface area contributed by atoms with Crippen molar-refractivity contribution in [3.05, 3.63) is 0 Å². The molecule has 100 valence electrons. The molecule has 1 rings (SSSR count). The van der Waals surface area contributed by atoms with E-state index in [1.165, 1.54) is 0 Å². The van der Waals surface area contributed by atoms with Crippen LogP contribution in [-0.2, 0) is 14.3 Å². The first-order valence-corrected chi connectivity index (χ1v) is 6.66. The van der Waals surface area contributed by atoms with E-state index in [0.29, 0.717) is 12.8 Å². The molecule has 3 heteroatoms. The molecule has 1 aliphatic rings. The molecule has 1 fully saturated rings. The highest BCUT2D eigenvalue weighted by atomic mass is 16.5. The second-order valence-electron chi connectivity index (χ2n) is 5.08. The summed E-state index contributed by atoms with van der Waals surface area (Å²) in [6, 6.07) is 0. The highest BCUT2D eigenvalue weighted by Crippen LogP contribution is 2.34. The van der Waals surface area contributed by atoms with Gasteiger partial charge in [-0.2, -0.15) is 0 Å². The maximum absolute atomic E-state index is 11.8. The first-order valence-electron chi connectivity index (χ1n) is 6.66. The minimum atomic E-state index is -0.184. The number of esters is 1. The molecule has 0 spiro atoms. The molecular weight excluding hydrogens is 228 g/mol. The van der Waals surface area contributed by atoms with Crippen LogP contribution >= 0.6 is 0 Å². The van der Waals surface area contributed by atoms with Gasteiger partial charge >= 0.3 is 5.97 Å². The van der Waals surface area contributed by atoms with E-state index in [2.05, 4.69) is 11.8 Å². The molecule has 1 aliphatic carbocycles. The van der Waals surface area contributed by atoms with E-state index in [1.807, 2.05) is 13.8 Å². The van der Waals surface area contributed by atoms with E-state index in [9.17, 15) is 9.59 Å². The van der Waals surface area contributed by atoms with Crippen molar-refractivity contribution in [3.8, 4) is 11.8 Å². The lowest BCUT2D eigenvalue weighted by Gasteiger charge is -2.17. The summed E-state index contributed by atoms with van der Waals surface area (Å²) in [5.41, 5.74) is 0. The minimum absolute atomic E-state index is 0.00515. The van der Waals surface area contributed by atoms with Gasteiger partial charge in [-0.1, -0.05) is 0 Å². The molecule has 0 aromatic heterocycles. The first-order chi connectivity index (χ1) is 8.54. The van der Waals surface area contributed by atoms with E-state index in [-0.39, 0.29) is 29.7 Å². The zero-order valence-corrected chi connectivity index (χ0v) is 11.5. The van der Waals surface area contributed by atoms with Gasteiger partial charge in [-0.15, -0.1) is 11.8 Å². The third-order valence-electron chi connectivity index (χ3n) is 3.30. The maximum Gasteiger partial charge on any atom is 0.306 e. The molecule has 0 aromatic carbocycles. The number of Topliss-reactive ketones (excluding diaryl/α,β-unsaturated/α-hetero) is 1. The number of carbonyl (C=O) groups is 2. The zero-order valence-electron chi connectivity index (χ0n) is 11.5. The summed E-state index contributed by atoms with van der Waals surface area (Å²) in [6.07, 6.45) is 3.22. The number of carbonyl (C=O) groups excluding carboxylic acids is 2. The Morgan fingerprint density at radius 1 is 1.50 bits per heavy atom. The number of rotatable bonds is 5. The fraction of sp³-hybridized carbons (Fsp3) is 0.733. The number of hydrogen-bond donors (Lipinski definition) is 0. The van der Waals surface area contributed by atoms with Crippen molar-refractivity contribution < 1.29 is 14.3 Å². The number of ketones is 1. The van der Waals surface area contributed by atoms with E-state index in [4.69, 9.17) is 4.74 Å². The second-order valence-corrected chi connectivity index (χ2v) is 5.08. The Kier molecular flexibility index (Phi) is 5.91. The molecule has 0 N–H and O–H groups in total. The third kappa shape index (κ3) is 4.52. The Balaban J connectivity index is 2.49. The largest absolute Gasteiger partial charge is 0.463 e. The van der Waals surface area contributed by atoms with Crippen LogP contribution in [0.5, 0.6) is 0 Å². The fourth-order valence-electron chi connectivity index (χ4n) is 2.50. The quantitative estimate of drug-likeness (QED) is 0.556. The molecule has 3 nitrogen and oxygen atoms in total. The van der Waals surface area contributed by atoms with Crippen molar-refractivity contribution in [2.45, 2.75) is 59.0 Å². The van der Waals surface area contributed by atoms with Crippen molar-refractivity contribution >= 4 is 11.8 Å². The van der Waals surface area contributed by atoms with Gasteiger partial charge in [0, 0.05) is 25.2 Å². The Labute approximate surface area is 109 Å². The van der Waals surface area contributed by atoms with Crippen LogP contribution in [0.2, 0.25) is 0 Å². The topological polar surface area (TPSA) is 43.4 Å². The first kappa shape index (κ1) is 14.8. The lowest BCUT2D eigenvalue weighted by atomic mass is 9.88. The normalized spacial score (nSPS) is 22.8. The third-order valence-corrected chi connectivity index (χ3v) is 3.30. The molecule has 0 aliphatic heterocycles. The van der Waals surface area contributed by atoms with Crippen LogP contribution < -0.4 is 0 Å². The van der Waals surface area contributed by atoms with Gasteiger partial charge in [0.25, 0.3) is 0 Å². The molecule has 0 amide bonds. The summed E-state index contributed by atoms with van der Waals surface area (Å²) < 4.78 is 5.14. The predicted octanol–water partition coefficient (Wildman–Crippen LogP) is 2.73. The Bertz CT molecular complexity index is 360. The molecular formula is C15H22O3. The standard InChI is InChI=1S/C15H22O3/c1-4-5-6-7-13-12(8-9-14(13)16)10-15(17)18-11(2)3/h11-13H,6-10H2,1-3H3. The van der Waals surface area contributed by atoms with Crippen LogP contribution in [0.1, 0.15) is 52.9 Å². The van der Waals surface area contributed by atoms with Crippen LogP contribution in [0.3, 0.4) is 0 Å². The smallest absolute Gasteiger partial charge is 0.306 e. The van der Waals surface area contributed by atoms with Gasteiger partial charge in [-0.05, 0) is 39.5 Å². The van der Waals surface area contributed by atoms with Crippen LogP contribution in [0.4, 0.5) is 0 Å². The van der Waals surface area contributed by atoms with E-state index in [1.54, 1.807) is 6.92 Å². The molecule has 18 heavy (non-hydrogen) atoms. The summed E-state index contributed by atoms with van der Waals surface area (Å²) in [5.74, 6) is 6.08. The number of ether oxygens (including phenoxy) is 1. The van der Waals surface area contributed by atoms with Gasteiger partial charge in [0.05, 0.1) is 6.10 Å². The van der Waals surface area contributed by atoms with Crippen LogP contribution in [0, 0.1) is 23.7 Å². The molecule has 2 unspecified atom stereocenters. The maximum atomic E-state index is 11.8. The summed E-state index contributed by atoms with van der Waals surface area (Å²) in [4.78, 5) is 23.4. The lowest BCUT2D eigenvalue weighted by Crippen LogP contribution is -2.20. The van der Waals surface area contributed by atoms with Gasteiger partial charge < -0.3 is 4.74 Å². The average molecular weight is 250 g/mol. The highest BCUT2D eigenvalue weighted by molar-refractivity contribution is 5.84. The molecule has 1 saturated carbocycles. The van der Waals surface area contributed by atoms with Crippen molar-refractivity contribution in [1.82, 2.24) is 0 Å². The van der Waals surface area contributed by atoms with Gasteiger partial charge in [-0.3, -0.25) is 9.59 Å². The summed E-state index contributed by atoms with van der Waals surface area (Å²) in [6.45, 7) is 5.48. The minimum Gasteiger partial charge on any atom is -0.463 e. The van der Waals surface area contributed by atoms with Crippen LogP contribution in [-0.4, -0.2) is 17.9 Å². The molecule has 2 atom stereocenters. The zero-order chi connectivity index (χ0) is 13.5. The number of hydrogen-bond acceptors (Lipinski definition) is 3. The van der Waals surface area contributed by atoms with Crippen LogP contribution in [0.25, 0.3) is 0 Å². The fourth-order valence-corrected chi connectivity index (χ4v) is 2.50. The molecule has 0 aromatic rings. The highest BCUT2D eigenvalue weighted by Gasteiger charge is 2.35. The van der Waals surface area contributed by atoms with Gasteiger partial charge in [-0.25, -0.2) is 0 Å². The average Bonchev–Trinajstić information content (AvgIpc) is 2.60. The molecule has 0 bridgehead atoms. The second kappa shape index (κ2) is 7.20. The molecule has 0 heterocycles. The van der Waals surface area contributed by atoms with E-state index >= 15 is 0 Å². The molecule has 0 saturated heterocycles. The Morgan fingerprint density at radius 2 is 2.22 bits per heavy atom. The lowest BCUT2D eigenvalue weighted by molar-refractivity contribution is -0.148. The molecule has 0 radical (unpaired) electrons. The summed E-state index contributed by atoms with van der Waals surface area (Å²) in [7, 11) is 0. The van der Waals surface area contributed by atoms with Crippen molar-refractivity contribution in [1.29, 1.82) is 0 Å². The predicted molar refractivity (Wildman–Crippen MR) is 69.8 cm³/mol. The summed E-state index contributed by atoms with van der Waals surface area (Å²) >= 11 is 0. The monoisotopic (exact) mass is 250 g/mol. The Hall–Kier alpha value is -1.30. The van der Waals surface area contributed by atoms with Crippen LogP contribution in [0.15, 0.2) is 0 Å². The van der Waals surface area contributed by atoms with Crippen molar-refractivity contribution in [2.75, 3.05) is 0 Å². The van der Waals surface area contributed by atoms with Crippen molar-refractivity contribution in [2.24, 2.45) is 11.8 Å².